The number of carbonyl (C=O) groups excluding carboxylic acids is 1. The lowest BCUT2D eigenvalue weighted by atomic mass is 10.2. The number of alkyl carbamates (subject to hydrolysis) is 1. The van der Waals surface area contributed by atoms with Crippen LogP contribution in [0.25, 0.3) is 0 Å². The molecule has 0 aliphatic heterocycles. The molecule has 0 fully saturated rings. The third kappa shape index (κ3) is 9.87. The largest absolute Gasteiger partial charge is 0.444 e. The minimum absolute atomic E-state index is 0.0116. The van der Waals surface area contributed by atoms with Crippen molar-refractivity contribution in [2.24, 2.45) is 5.73 Å². The van der Waals surface area contributed by atoms with Crippen LogP contribution < -0.4 is 11.1 Å². The number of hydrogen-bond donors (Lipinski definition) is 2. The van der Waals surface area contributed by atoms with Gasteiger partial charge in [0.25, 0.3) is 0 Å². The van der Waals surface area contributed by atoms with Gasteiger partial charge < -0.3 is 15.8 Å². The molecule has 4 nitrogen and oxygen atoms in total. The average molecular weight is 234 g/mol. The predicted molar refractivity (Wildman–Crippen MR) is 65.2 cm³/mol. The first-order valence-electron chi connectivity index (χ1n) is 5.15. The molecule has 0 spiro atoms. The van der Waals surface area contributed by atoms with Crippen LogP contribution in [0, 0.1) is 0 Å². The SMILES string of the molecule is CCSCC(N)CNC(=O)OC(C)(C)C. The van der Waals surface area contributed by atoms with E-state index in [1.807, 2.05) is 20.8 Å². The third-order valence-electron chi connectivity index (χ3n) is 1.44. The summed E-state index contributed by atoms with van der Waals surface area (Å²) in [5, 5.41) is 2.65. The highest BCUT2D eigenvalue weighted by atomic mass is 32.2. The zero-order chi connectivity index (χ0) is 11.9. The van der Waals surface area contributed by atoms with Gasteiger partial charge in [-0.25, -0.2) is 4.79 Å². The molecule has 0 saturated heterocycles. The lowest BCUT2D eigenvalue weighted by Gasteiger charge is -2.20. The molecule has 3 N–H and O–H groups in total. The van der Waals surface area contributed by atoms with Crippen LogP contribution in [-0.4, -0.2) is 35.8 Å². The molecule has 0 heterocycles. The van der Waals surface area contributed by atoms with Crippen molar-refractivity contribution < 1.29 is 9.53 Å². The van der Waals surface area contributed by atoms with Gasteiger partial charge in [-0.2, -0.15) is 11.8 Å². The number of nitrogens with two attached hydrogens (primary N) is 1. The summed E-state index contributed by atoms with van der Waals surface area (Å²) in [5.41, 5.74) is 5.33. The molecule has 15 heavy (non-hydrogen) atoms. The van der Waals surface area contributed by atoms with Gasteiger partial charge in [-0.3, -0.25) is 0 Å². The van der Waals surface area contributed by atoms with Crippen molar-refractivity contribution >= 4 is 17.9 Å². The van der Waals surface area contributed by atoms with Gasteiger partial charge in [0.2, 0.25) is 0 Å². The Kier molecular flexibility index (Phi) is 6.76. The van der Waals surface area contributed by atoms with Gasteiger partial charge in [-0.1, -0.05) is 6.92 Å². The molecule has 5 heteroatoms. The van der Waals surface area contributed by atoms with Gasteiger partial charge in [0.1, 0.15) is 5.60 Å². The monoisotopic (exact) mass is 234 g/mol. The zero-order valence-electron chi connectivity index (χ0n) is 10.0. The molecule has 90 valence electrons. The molecule has 1 atom stereocenters. The van der Waals surface area contributed by atoms with E-state index in [1.165, 1.54) is 0 Å². The number of thioether (sulfide) groups is 1. The van der Waals surface area contributed by atoms with Crippen LogP contribution in [0.1, 0.15) is 27.7 Å². The van der Waals surface area contributed by atoms with Gasteiger partial charge in [-0.15, -0.1) is 0 Å². The van der Waals surface area contributed by atoms with Crippen molar-refractivity contribution in [1.82, 2.24) is 5.32 Å². The minimum Gasteiger partial charge on any atom is -0.444 e. The summed E-state index contributed by atoms with van der Waals surface area (Å²) in [6, 6.07) is -0.0116. The van der Waals surface area contributed by atoms with E-state index in [4.69, 9.17) is 10.5 Å². The maximum Gasteiger partial charge on any atom is 0.407 e. The van der Waals surface area contributed by atoms with Crippen molar-refractivity contribution in [3.8, 4) is 0 Å². The van der Waals surface area contributed by atoms with Crippen LogP contribution in [0.5, 0.6) is 0 Å². The quantitative estimate of drug-likeness (QED) is 0.758. The normalized spacial score (nSPS) is 13.4. The molecule has 0 saturated carbocycles. The Morgan fingerprint density at radius 3 is 2.60 bits per heavy atom. The number of hydrogen-bond acceptors (Lipinski definition) is 4. The van der Waals surface area contributed by atoms with E-state index in [-0.39, 0.29) is 6.04 Å². The second kappa shape index (κ2) is 6.95. The number of ether oxygens (including phenoxy) is 1. The summed E-state index contributed by atoms with van der Waals surface area (Å²) >= 11 is 1.76. The highest BCUT2D eigenvalue weighted by Gasteiger charge is 2.16. The van der Waals surface area contributed by atoms with Crippen LogP contribution in [-0.2, 0) is 4.74 Å². The van der Waals surface area contributed by atoms with E-state index in [9.17, 15) is 4.79 Å². The van der Waals surface area contributed by atoms with Crippen LogP contribution >= 0.6 is 11.8 Å². The van der Waals surface area contributed by atoms with Crippen molar-refractivity contribution in [3.05, 3.63) is 0 Å². The lowest BCUT2D eigenvalue weighted by molar-refractivity contribution is 0.0525. The number of carbonyl (C=O) groups is 1. The van der Waals surface area contributed by atoms with E-state index in [0.717, 1.165) is 11.5 Å². The fourth-order valence-electron chi connectivity index (χ4n) is 0.857. The van der Waals surface area contributed by atoms with E-state index in [0.29, 0.717) is 6.54 Å². The maximum atomic E-state index is 11.2. The lowest BCUT2D eigenvalue weighted by Crippen LogP contribution is -2.41. The molecule has 0 radical (unpaired) electrons. The Morgan fingerprint density at radius 1 is 1.53 bits per heavy atom. The fraction of sp³-hybridized carbons (Fsp3) is 0.900. The summed E-state index contributed by atoms with van der Waals surface area (Å²) in [5.74, 6) is 1.90. The molecular weight excluding hydrogens is 212 g/mol. The summed E-state index contributed by atoms with van der Waals surface area (Å²) < 4.78 is 5.08. The minimum atomic E-state index is -0.452. The molecule has 0 bridgehead atoms. The van der Waals surface area contributed by atoms with Gasteiger partial charge in [-0.05, 0) is 26.5 Å². The van der Waals surface area contributed by atoms with E-state index < -0.39 is 11.7 Å². The highest BCUT2D eigenvalue weighted by molar-refractivity contribution is 7.99. The molecular formula is C10H22N2O2S. The van der Waals surface area contributed by atoms with E-state index in [1.54, 1.807) is 11.8 Å². The second-order valence-corrected chi connectivity index (χ2v) is 5.62. The topological polar surface area (TPSA) is 64.3 Å². The molecule has 1 unspecified atom stereocenters. The molecule has 0 aromatic carbocycles. The molecule has 0 aromatic heterocycles. The Labute approximate surface area is 96.3 Å². The summed E-state index contributed by atoms with van der Waals surface area (Å²) in [4.78, 5) is 11.2. The fourth-order valence-corrected chi connectivity index (χ4v) is 1.51. The first kappa shape index (κ1) is 14.6. The van der Waals surface area contributed by atoms with Crippen molar-refractivity contribution in [3.63, 3.8) is 0 Å². The average Bonchev–Trinajstić information content (AvgIpc) is 2.08. The van der Waals surface area contributed by atoms with E-state index in [2.05, 4.69) is 12.2 Å². The molecule has 0 aliphatic rings. The highest BCUT2D eigenvalue weighted by Crippen LogP contribution is 2.06. The van der Waals surface area contributed by atoms with Gasteiger partial charge in [0, 0.05) is 18.3 Å². The van der Waals surface area contributed by atoms with Crippen LogP contribution in [0.2, 0.25) is 0 Å². The first-order chi connectivity index (χ1) is 6.85. The Balaban J connectivity index is 3.62. The molecule has 0 aromatic rings. The smallest absolute Gasteiger partial charge is 0.407 e. The number of rotatable bonds is 5. The van der Waals surface area contributed by atoms with Crippen LogP contribution in [0.15, 0.2) is 0 Å². The summed E-state index contributed by atoms with van der Waals surface area (Å²) in [6.07, 6.45) is -0.403. The molecule has 1 amide bonds. The second-order valence-electron chi connectivity index (χ2n) is 4.30. The predicted octanol–water partition coefficient (Wildman–Crippen LogP) is 1.59. The Bertz CT molecular complexity index is 192. The van der Waals surface area contributed by atoms with Crippen molar-refractivity contribution in [2.45, 2.75) is 39.3 Å². The molecule has 0 rings (SSSR count). The summed E-state index contributed by atoms with van der Waals surface area (Å²) in [6.45, 7) is 8.04. The van der Waals surface area contributed by atoms with Gasteiger partial charge in [0.15, 0.2) is 0 Å². The standard InChI is InChI=1S/C10H22N2O2S/c1-5-15-7-8(11)6-12-9(13)14-10(2,3)4/h8H,5-7,11H2,1-4H3,(H,12,13). The first-order valence-corrected chi connectivity index (χ1v) is 6.30. The summed E-state index contributed by atoms with van der Waals surface area (Å²) in [7, 11) is 0. The Hall–Kier alpha value is -0.420. The van der Waals surface area contributed by atoms with Crippen molar-refractivity contribution in [2.75, 3.05) is 18.1 Å². The van der Waals surface area contributed by atoms with E-state index >= 15 is 0 Å². The Morgan fingerprint density at radius 2 is 2.13 bits per heavy atom. The van der Waals surface area contributed by atoms with Crippen molar-refractivity contribution in [1.29, 1.82) is 0 Å². The van der Waals surface area contributed by atoms with Crippen LogP contribution in [0.4, 0.5) is 4.79 Å². The number of nitrogens with one attached hydrogen (secondary N) is 1. The van der Waals surface area contributed by atoms with Gasteiger partial charge in [0.05, 0.1) is 0 Å². The van der Waals surface area contributed by atoms with Crippen LogP contribution in [0.3, 0.4) is 0 Å². The number of amides is 1. The third-order valence-corrected chi connectivity index (χ3v) is 2.52. The molecule has 0 aliphatic carbocycles. The van der Waals surface area contributed by atoms with Gasteiger partial charge >= 0.3 is 6.09 Å². The zero-order valence-corrected chi connectivity index (χ0v) is 10.8. The maximum absolute atomic E-state index is 11.2.